The largest absolute Gasteiger partial charge is 0.481 e. The Morgan fingerprint density at radius 2 is 1.84 bits per heavy atom. The molecule has 1 aromatic carbocycles. The zero-order valence-corrected chi connectivity index (χ0v) is 13.5. The van der Waals surface area contributed by atoms with E-state index in [2.05, 4.69) is 26.9 Å². The molecule has 0 saturated carbocycles. The van der Waals surface area contributed by atoms with Crippen molar-refractivity contribution in [3.05, 3.63) is 78.2 Å². The summed E-state index contributed by atoms with van der Waals surface area (Å²) < 4.78 is 6.88. The van der Waals surface area contributed by atoms with E-state index >= 15 is 0 Å². The van der Waals surface area contributed by atoms with Gasteiger partial charge in [-0.05, 0) is 24.1 Å². The molecule has 3 aromatic heterocycles. The van der Waals surface area contributed by atoms with Crippen molar-refractivity contribution in [3.63, 3.8) is 0 Å². The van der Waals surface area contributed by atoms with Crippen molar-refractivity contribution < 1.29 is 4.74 Å². The number of imidazole rings is 1. The van der Waals surface area contributed by atoms with E-state index in [4.69, 9.17) is 4.74 Å². The molecule has 0 aliphatic rings. The van der Waals surface area contributed by atoms with E-state index in [0.717, 1.165) is 28.2 Å². The van der Waals surface area contributed by atoms with Gasteiger partial charge in [-0.15, -0.1) is 0 Å². The second kappa shape index (κ2) is 6.46. The summed E-state index contributed by atoms with van der Waals surface area (Å²) in [5.41, 5.74) is 4.23. The first kappa shape index (κ1) is 14.9. The highest BCUT2D eigenvalue weighted by Gasteiger charge is 2.05. The van der Waals surface area contributed by atoms with Crippen LogP contribution in [0.4, 0.5) is 0 Å². The normalized spacial score (nSPS) is 10.3. The predicted molar refractivity (Wildman–Crippen MR) is 95.2 cm³/mol. The Morgan fingerprint density at radius 1 is 0.960 bits per heavy atom. The van der Waals surface area contributed by atoms with Crippen molar-refractivity contribution in [1.82, 2.24) is 19.6 Å². The molecule has 4 aromatic rings. The van der Waals surface area contributed by atoms with Gasteiger partial charge >= 0.3 is 0 Å². The molecule has 0 N–H and O–H groups in total. The highest BCUT2D eigenvalue weighted by atomic mass is 16.5. The molecule has 0 atom stereocenters. The number of ether oxygens (including phenoxy) is 1. The number of hydrogen-bond donors (Lipinski definition) is 0. The van der Waals surface area contributed by atoms with E-state index in [-0.39, 0.29) is 0 Å². The molecule has 0 aliphatic heterocycles. The second-order valence-electron chi connectivity index (χ2n) is 5.33. The van der Waals surface area contributed by atoms with Crippen molar-refractivity contribution in [2.75, 3.05) is 7.11 Å². The van der Waals surface area contributed by atoms with Crippen LogP contribution in [0.2, 0.25) is 0 Å². The van der Waals surface area contributed by atoms with Crippen molar-refractivity contribution in [1.29, 1.82) is 0 Å². The fourth-order valence-electron chi connectivity index (χ4n) is 2.46. The van der Waals surface area contributed by atoms with E-state index in [0.29, 0.717) is 5.88 Å². The maximum Gasteiger partial charge on any atom is 0.214 e. The zero-order valence-electron chi connectivity index (χ0n) is 13.5. The molecular formula is C20H14N4O. The third kappa shape index (κ3) is 3.06. The van der Waals surface area contributed by atoms with Gasteiger partial charge in [0.25, 0.3) is 0 Å². The smallest absolute Gasteiger partial charge is 0.214 e. The number of aromatic nitrogens is 4. The van der Waals surface area contributed by atoms with E-state index in [1.807, 2.05) is 48.5 Å². The van der Waals surface area contributed by atoms with Crippen LogP contribution in [-0.2, 0) is 0 Å². The molecule has 0 radical (unpaired) electrons. The fraction of sp³-hybridized carbons (Fsp3) is 0.0500. The molecule has 0 spiro atoms. The number of pyridine rings is 1. The average Bonchev–Trinajstić information content (AvgIpc) is 3.09. The van der Waals surface area contributed by atoms with Gasteiger partial charge in [-0.1, -0.05) is 36.3 Å². The first-order chi connectivity index (χ1) is 12.3. The van der Waals surface area contributed by atoms with E-state index < -0.39 is 0 Å². The Morgan fingerprint density at radius 3 is 2.68 bits per heavy atom. The Bertz CT molecular complexity index is 1090. The Labute approximate surface area is 144 Å². The van der Waals surface area contributed by atoms with Crippen LogP contribution in [0.1, 0.15) is 11.3 Å². The Hall–Kier alpha value is -3.65. The molecule has 5 nitrogen and oxygen atoms in total. The quantitative estimate of drug-likeness (QED) is 0.531. The average molecular weight is 326 g/mol. The van der Waals surface area contributed by atoms with Crippen LogP contribution < -0.4 is 4.74 Å². The van der Waals surface area contributed by atoms with Crippen LogP contribution in [0.15, 0.2) is 67.0 Å². The second-order valence-corrected chi connectivity index (χ2v) is 5.33. The molecular weight excluding hydrogens is 312 g/mol. The molecule has 3 heterocycles. The van der Waals surface area contributed by atoms with Crippen LogP contribution in [-0.4, -0.2) is 26.7 Å². The van der Waals surface area contributed by atoms with Crippen molar-refractivity contribution >= 4 is 5.65 Å². The molecule has 4 rings (SSSR count). The Kier molecular flexibility index (Phi) is 3.85. The van der Waals surface area contributed by atoms with Gasteiger partial charge in [0.15, 0.2) is 5.65 Å². The molecule has 0 saturated heterocycles. The van der Waals surface area contributed by atoms with Crippen LogP contribution in [0.25, 0.3) is 16.9 Å². The van der Waals surface area contributed by atoms with Gasteiger partial charge < -0.3 is 4.74 Å². The fourth-order valence-corrected chi connectivity index (χ4v) is 2.46. The van der Waals surface area contributed by atoms with Crippen molar-refractivity contribution in [2.45, 2.75) is 0 Å². The van der Waals surface area contributed by atoms with Crippen LogP contribution >= 0.6 is 0 Å². The lowest BCUT2D eigenvalue weighted by molar-refractivity contribution is 0.398. The van der Waals surface area contributed by atoms with Gasteiger partial charge in [-0.3, -0.25) is 0 Å². The number of methoxy groups -OCH3 is 1. The zero-order chi connectivity index (χ0) is 17.1. The number of benzene rings is 1. The topological polar surface area (TPSA) is 52.3 Å². The lowest BCUT2D eigenvalue weighted by Gasteiger charge is -2.01. The molecule has 0 fully saturated rings. The lowest BCUT2D eigenvalue weighted by Crippen LogP contribution is -1.96. The van der Waals surface area contributed by atoms with Gasteiger partial charge in [-0.2, -0.15) is 5.10 Å². The highest BCUT2D eigenvalue weighted by molar-refractivity contribution is 5.60. The summed E-state index contributed by atoms with van der Waals surface area (Å²) in [6, 6.07) is 17.6. The summed E-state index contributed by atoms with van der Waals surface area (Å²) in [6.07, 6.45) is 3.39. The standard InChI is InChI=1S/C20H14N4O/c1-25-20-13-15(11-12-21-20)7-8-17-14-22-19-10-9-18(23-24(17)19)16-5-3-2-4-6-16/h2-6,9-14H,1H3. The minimum absolute atomic E-state index is 0.537. The molecule has 120 valence electrons. The molecule has 0 unspecified atom stereocenters. The number of rotatable bonds is 2. The molecule has 0 amide bonds. The third-order valence-corrected chi connectivity index (χ3v) is 3.71. The van der Waals surface area contributed by atoms with E-state index in [9.17, 15) is 0 Å². The van der Waals surface area contributed by atoms with Gasteiger partial charge in [0, 0.05) is 23.4 Å². The first-order valence-electron chi connectivity index (χ1n) is 7.76. The van der Waals surface area contributed by atoms with Gasteiger partial charge in [-0.25, -0.2) is 14.5 Å². The maximum atomic E-state index is 5.12. The predicted octanol–water partition coefficient (Wildman–Crippen LogP) is 3.20. The summed E-state index contributed by atoms with van der Waals surface area (Å²) >= 11 is 0. The van der Waals surface area contributed by atoms with Crippen LogP contribution in [0.3, 0.4) is 0 Å². The summed E-state index contributed by atoms with van der Waals surface area (Å²) in [4.78, 5) is 8.44. The van der Waals surface area contributed by atoms with Crippen molar-refractivity contribution in [2.24, 2.45) is 0 Å². The minimum Gasteiger partial charge on any atom is -0.481 e. The summed E-state index contributed by atoms with van der Waals surface area (Å²) in [5, 5.41) is 4.67. The van der Waals surface area contributed by atoms with Gasteiger partial charge in [0.05, 0.1) is 19.0 Å². The molecule has 0 bridgehead atoms. The van der Waals surface area contributed by atoms with E-state index in [1.165, 1.54) is 0 Å². The number of nitrogens with zero attached hydrogens (tertiary/aromatic N) is 4. The maximum absolute atomic E-state index is 5.12. The first-order valence-corrected chi connectivity index (χ1v) is 7.76. The SMILES string of the molecule is COc1cc(C#Cc2cnc3ccc(-c4ccccc4)nn23)ccn1. The third-order valence-electron chi connectivity index (χ3n) is 3.71. The summed E-state index contributed by atoms with van der Waals surface area (Å²) in [5.74, 6) is 6.76. The summed E-state index contributed by atoms with van der Waals surface area (Å²) in [7, 11) is 1.58. The van der Waals surface area contributed by atoms with E-state index in [1.54, 1.807) is 30.1 Å². The van der Waals surface area contributed by atoms with Gasteiger partial charge in [0.2, 0.25) is 5.88 Å². The van der Waals surface area contributed by atoms with Crippen molar-refractivity contribution in [3.8, 4) is 29.0 Å². The molecule has 0 aliphatic carbocycles. The highest BCUT2D eigenvalue weighted by Crippen LogP contribution is 2.17. The monoisotopic (exact) mass is 326 g/mol. The molecule has 5 heteroatoms. The van der Waals surface area contributed by atoms with Crippen LogP contribution in [0.5, 0.6) is 5.88 Å². The molecule has 25 heavy (non-hydrogen) atoms. The number of fused-ring (bicyclic) bond motifs is 1. The lowest BCUT2D eigenvalue weighted by atomic mass is 10.1. The minimum atomic E-state index is 0.537. The van der Waals surface area contributed by atoms with Crippen LogP contribution in [0, 0.1) is 11.8 Å². The number of hydrogen-bond acceptors (Lipinski definition) is 4. The Balaban J connectivity index is 1.74. The van der Waals surface area contributed by atoms with Gasteiger partial charge in [0.1, 0.15) is 5.69 Å². The summed E-state index contributed by atoms with van der Waals surface area (Å²) in [6.45, 7) is 0.